The van der Waals surface area contributed by atoms with Crippen LogP contribution in [0.15, 0.2) is 48.9 Å². The van der Waals surface area contributed by atoms with Crippen LogP contribution in [0.4, 0.5) is 25.2 Å². The average molecular weight is 607 g/mol. The molecule has 4 N–H and O–H groups in total. The first-order valence-electron chi connectivity index (χ1n) is 14.4. The quantitative estimate of drug-likeness (QED) is 0.271. The van der Waals surface area contributed by atoms with E-state index >= 15 is 4.39 Å². The number of imidazole rings is 1. The van der Waals surface area contributed by atoms with Crippen LogP contribution in [0.2, 0.25) is 0 Å². The number of ether oxygens (including phenoxy) is 1. The number of likely N-dealkylation sites (N-methyl/N-ethyl adjacent to an activating group) is 1. The number of carbonyl (C=O) groups excluding carboxylic acids is 2. The minimum absolute atomic E-state index is 0.00740. The highest BCUT2D eigenvalue weighted by Gasteiger charge is 2.39. The maximum Gasteiger partial charge on any atom is 0.409 e. The van der Waals surface area contributed by atoms with Gasteiger partial charge < -0.3 is 26.0 Å². The number of nitrogens with zero attached hydrogens (tertiary/aromatic N) is 5. The highest BCUT2D eigenvalue weighted by Crippen LogP contribution is 2.40. The lowest BCUT2D eigenvalue weighted by molar-refractivity contribution is 0.0778. The van der Waals surface area contributed by atoms with Crippen molar-refractivity contribution < 1.29 is 23.1 Å². The number of aromatic nitrogens is 4. The molecule has 2 amide bonds. The average Bonchev–Trinajstić information content (AvgIpc) is 3.38. The smallest absolute Gasteiger partial charge is 0.409 e. The molecule has 1 aliphatic carbocycles. The Morgan fingerprint density at radius 2 is 1.91 bits per heavy atom. The number of nitrogens with two attached hydrogens (primary N) is 1. The van der Waals surface area contributed by atoms with Crippen LogP contribution < -0.4 is 16.4 Å². The molecular formula is C31H36F2N8O3. The predicted molar refractivity (Wildman–Crippen MR) is 162 cm³/mol. The second-order valence-electron chi connectivity index (χ2n) is 11.5. The molecule has 0 spiro atoms. The van der Waals surface area contributed by atoms with Crippen molar-refractivity contribution >= 4 is 29.2 Å². The Kier molecular flexibility index (Phi) is 8.77. The predicted octanol–water partition coefficient (Wildman–Crippen LogP) is 4.86. The van der Waals surface area contributed by atoms with Crippen molar-refractivity contribution in [1.29, 1.82) is 0 Å². The van der Waals surface area contributed by atoms with Gasteiger partial charge in [-0.1, -0.05) is 6.92 Å². The summed E-state index contributed by atoms with van der Waals surface area (Å²) in [7, 11) is 3.05. The molecular weight excluding hydrogens is 570 g/mol. The van der Waals surface area contributed by atoms with Gasteiger partial charge in [0.2, 0.25) is 5.95 Å². The van der Waals surface area contributed by atoms with Crippen molar-refractivity contribution in [3.8, 4) is 11.3 Å². The number of carbonyl (C=O) groups is 2. The Morgan fingerprint density at radius 1 is 1.14 bits per heavy atom. The first-order valence-corrected chi connectivity index (χ1v) is 14.4. The Balaban J connectivity index is 1.45. The van der Waals surface area contributed by atoms with Crippen LogP contribution >= 0.6 is 0 Å². The number of pyridine rings is 1. The van der Waals surface area contributed by atoms with Gasteiger partial charge >= 0.3 is 6.09 Å². The molecule has 3 aromatic heterocycles. The van der Waals surface area contributed by atoms with E-state index in [1.54, 1.807) is 50.5 Å². The van der Waals surface area contributed by atoms with Gasteiger partial charge in [0.05, 0.1) is 53.6 Å². The number of methoxy groups -OCH3 is 1. The Hall–Kier alpha value is -4.65. The molecule has 13 heteroatoms. The van der Waals surface area contributed by atoms with E-state index in [-0.39, 0.29) is 41.2 Å². The third kappa shape index (κ3) is 5.91. The molecule has 1 fully saturated rings. The third-order valence-corrected chi connectivity index (χ3v) is 8.08. The molecule has 4 unspecified atom stereocenters. The van der Waals surface area contributed by atoms with E-state index in [0.29, 0.717) is 23.6 Å². The molecule has 44 heavy (non-hydrogen) atoms. The third-order valence-electron chi connectivity index (χ3n) is 8.08. The topological polar surface area (TPSA) is 140 Å². The number of rotatable bonds is 7. The van der Waals surface area contributed by atoms with E-state index in [1.807, 2.05) is 6.07 Å². The number of anilines is 2. The van der Waals surface area contributed by atoms with Crippen LogP contribution in [0, 0.1) is 17.6 Å². The number of nitrogens with one attached hydrogen (secondary N) is 2. The van der Waals surface area contributed by atoms with Crippen molar-refractivity contribution in [3.63, 3.8) is 0 Å². The fraction of sp³-hybridized carbons (Fsp3) is 0.387. The summed E-state index contributed by atoms with van der Waals surface area (Å²) in [6, 6.07) is 6.53. The lowest BCUT2D eigenvalue weighted by Gasteiger charge is -2.43. The fourth-order valence-corrected chi connectivity index (χ4v) is 6.15. The molecule has 1 aromatic carbocycles. The fourth-order valence-electron chi connectivity index (χ4n) is 6.15. The van der Waals surface area contributed by atoms with Crippen LogP contribution in [0.3, 0.4) is 0 Å². The first-order chi connectivity index (χ1) is 21.0. The number of hydrogen-bond donors (Lipinski definition) is 3. The molecule has 4 aromatic rings. The van der Waals surface area contributed by atoms with Gasteiger partial charge in [0.25, 0.3) is 5.91 Å². The van der Waals surface area contributed by atoms with Gasteiger partial charge in [0.1, 0.15) is 11.6 Å². The maximum absolute atomic E-state index is 15.5. The largest absolute Gasteiger partial charge is 0.453 e. The van der Waals surface area contributed by atoms with Crippen molar-refractivity contribution in [2.45, 2.75) is 57.7 Å². The minimum atomic E-state index is -1.00. The van der Waals surface area contributed by atoms with Crippen LogP contribution in [0.1, 0.15) is 55.5 Å². The van der Waals surface area contributed by atoms with Crippen LogP contribution in [0.5, 0.6) is 0 Å². The van der Waals surface area contributed by atoms with Crippen molar-refractivity contribution in [2.75, 3.05) is 19.5 Å². The molecule has 0 radical (unpaired) electrons. The number of hydrogen-bond acceptors (Lipinski definition) is 8. The molecule has 5 rings (SSSR count). The first kappa shape index (κ1) is 30.8. The van der Waals surface area contributed by atoms with Gasteiger partial charge in [-0.15, -0.1) is 0 Å². The zero-order valence-electron chi connectivity index (χ0n) is 25.2. The van der Waals surface area contributed by atoms with E-state index in [2.05, 4.69) is 32.6 Å². The number of halogens is 2. The molecule has 3 heterocycles. The van der Waals surface area contributed by atoms with E-state index in [1.165, 1.54) is 17.7 Å². The van der Waals surface area contributed by atoms with Gasteiger partial charge in [-0.2, -0.15) is 9.61 Å². The molecule has 1 saturated carbocycles. The standard InChI is InChI=1S/C31H36F2N8O3/c1-16(2)37-29(42)21-7-8-22(32)26(27(21)33)24-9-6-19-14-36-30(41(19)39-24)38-25-15-35-11-10-20(25)18-12-17(3)28(23(34)13-18)40(4)31(43)44-5/h6-11,14-18,23,28H,12-13,34H2,1-5H3,(H,36,38)(H,37,42). The molecule has 11 nitrogen and oxygen atoms in total. The molecule has 0 bridgehead atoms. The van der Waals surface area contributed by atoms with Gasteiger partial charge in [-0.25, -0.2) is 18.6 Å². The van der Waals surface area contributed by atoms with Crippen LogP contribution in [-0.4, -0.2) is 68.8 Å². The second kappa shape index (κ2) is 12.5. The Bertz CT molecular complexity index is 1680. The van der Waals surface area contributed by atoms with E-state index < -0.39 is 29.2 Å². The van der Waals surface area contributed by atoms with Gasteiger partial charge in [-0.05, 0) is 74.4 Å². The second-order valence-corrected chi connectivity index (χ2v) is 11.5. The summed E-state index contributed by atoms with van der Waals surface area (Å²) in [6.07, 6.45) is 5.93. The maximum atomic E-state index is 15.5. The summed E-state index contributed by atoms with van der Waals surface area (Å²) in [5.74, 6) is -2.04. The van der Waals surface area contributed by atoms with Gasteiger partial charge in [0.15, 0.2) is 0 Å². The van der Waals surface area contributed by atoms with Gasteiger partial charge in [0, 0.05) is 25.3 Å². The summed E-state index contributed by atoms with van der Waals surface area (Å²) in [4.78, 5) is 35.0. The lowest BCUT2D eigenvalue weighted by atomic mass is 9.73. The monoisotopic (exact) mass is 606 g/mol. The zero-order valence-corrected chi connectivity index (χ0v) is 25.2. The molecule has 1 aliphatic rings. The molecule has 0 aliphatic heterocycles. The van der Waals surface area contributed by atoms with E-state index in [0.717, 1.165) is 24.1 Å². The molecule has 4 atom stereocenters. The SMILES string of the molecule is COC(=O)N(C)C1C(C)CC(c2ccncc2Nc2ncc3ccc(-c4c(F)ccc(C(=O)NC(C)C)c4F)nn23)CC1N. The van der Waals surface area contributed by atoms with Crippen LogP contribution in [-0.2, 0) is 4.74 Å². The Labute approximate surface area is 253 Å². The molecule has 232 valence electrons. The van der Waals surface area contributed by atoms with Gasteiger partial charge in [-0.3, -0.25) is 9.78 Å². The number of amides is 2. The van der Waals surface area contributed by atoms with Crippen LogP contribution in [0.25, 0.3) is 16.8 Å². The van der Waals surface area contributed by atoms with E-state index in [4.69, 9.17) is 10.5 Å². The summed E-state index contributed by atoms with van der Waals surface area (Å²) >= 11 is 0. The highest BCUT2D eigenvalue weighted by atomic mass is 19.1. The van der Waals surface area contributed by atoms with E-state index in [9.17, 15) is 14.0 Å². The number of fused-ring (bicyclic) bond motifs is 1. The number of benzene rings is 1. The highest BCUT2D eigenvalue weighted by molar-refractivity contribution is 5.96. The lowest BCUT2D eigenvalue weighted by Crippen LogP contribution is -2.55. The summed E-state index contributed by atoms with van der Waals surface area (Å²) < 4.78 is 36.9. The minimum Gasteiger partial charge on any atom is -0.453 e. The van der Waals surface area contributed by atoms with Crippen molar-refractivity contribution in [2.24, 2.45) is 11.7 Å². The van der Waals surface area contributed by atoms with Crippen molar-refractivity contribution in [3.05, 3.63) is 71.7 Å². The molecule has 0 saturated heterocycles. The van der Waals surface area contributed by atoms with Crippen molar-refractivity contribution in [1.82, 2.24) is 29.8 Å². The summed E-state index contributed by atoms with van der Waals surface area (Å²) in [6.45, 7) is 5.57. The summed E-state index contributed by atoms with van der Waals surface area (Å²) in [5.41, 5.74) is 8.13. The summed E-state index contributed by atoms with van der Waals surface area (Å²) in [5, 5.41) is 10.4. The Morgan fingerprint density at radius 3 is 2.61 bits per heavy atom. The zero-order chi connectivity index (χ0) is 31.7. The normalized spacial score (nSPS) is 20.0.